The van der Waals surface area contributed by atoms with Crippen LogP contribution in [0.3, 0.4) is 0 Å². The second kappa shape index (κ2) is 7.01. The smallest absolute Gasteiger partial charge is 0.164 e. The third kappa shape index (κ3) is 3.53. The maximum Gasteiger partial charge on any atom is 0.164 e. The lowest BCUT2D eigenvalue weighted by Crippen LogP contribution is -2.08. The first kappa shape index (κ1) is 13.6. The molecule has 0 aliphatic carbocycles. The molecule has 0 aliphatic rings. The minimum absolute atomic E-state index is 0.696. The molecule has 0 aromatic heterocycles. The van der Waals surface area contributed by atoms with Crippen LogP contribution in [0.1, 0.15) is 12.0 Å². The van der Waals surface area contributed by atoms with Gasteiger partial charge in [0, 0.05) is 6.07 Å². The van der Waals surface area contributed by atoms with Gasteiger partial charge in [-0.05, 0) is 38.1 Å². The number of methoxy groups -OCH3 is 3. The van der Waals surface area contributed by atoms with Crippen LogP contribution in [0.25, 0.3) is 0 Å². The Bertz CT molecular complexity index is 353. The highest BCUT2D eigenvalue weighted by atomic mass is 16.5. The molecule has 1 aromatic carbocycles. The van der Waals surface area contributed by atoms with E-state index in [0.717, 1.165) is 36.4 Å². The molecule has 0 bridgehead atoms. The molecule has 0 heterocycles. The molecule has 0 radical (unpaired) electrons. The van der Waals surface area contributed by atoms with Crippen molar-refractivity contribution in [2.45, 2.75) is 12.8 Å². The van der Waals surface area contributed by atoms with E-state index < -0.39 is 0 Å². The molecular formula is C13H21NO3. The maximum atomic E-state index is 5.36. The van der Waals surface area contributed by atoms with Crippen LogP contribution in [0.4, 0.5) is 0 Å². The van der Waals surface area contributed by atoms with Gasteiger partial charge in [-0.1, -0.05) is 0 Å². The maximum absolute atomic E-state index is 5.36. The van der Waals surface area contributed by atoms with Crippen molar-refractivity contribution in [3.05, 3.63) is 17.7 Å². The molecule has 1 rings (SSSR count). The van der Waals surface area contributed by atoms with Gasteiger partial charge in [-0.25, -0.2) is 0 Å². The topological polar surface area (TPSA) is 39.7 Å². The largest absolute Gasteiger partial charge is 0.496 e. The van der Waals surface area contributed by atoms with Crippen LogP contribution in [0.2, 0.25) is 0 Å². The molecule has 0 spiro atoms. The van der Waals surface area contributed by atoms with Crippen LogP contribution >= 0.6 is 0 Å². The van der Waals surface area contributed by atoms with Crippen LogP contribution in [0.15, 0.2) is 12.1 Å². The average Bonchev–Trinajstić information content (AvgIpc) is 2.38. The highest BCUT2D eigenvalue weighted by molar-refractivity contribution is 5.50. The van der Waals surface area contributed by atoms with Crippen LogP contribution in [-0.2, 0) is 6.42 Å². The number of rotatable bonds is 7. The summed E-state index contributed by atoms with van der Waals surface area (Å²) in [5.74, 6) is 2.29. The molecule has 0 unspecified atom stereocenters. The summed E-state index contributed by atoms with van der Waals surface area (Å²) in [4.78, 5) is 0. The third-order valence-corrected chi connectivity index (χ3v) is 2.66. The standard InChI is InChI=1S/C13H21NO3/c1-14-7-5-6-10-8-12(16-3)13(17-4)9-11(10)15-2/h8-9,14H,5-7H2,1-4H3. The first-order valence-electron chi connectivity index (χ1n) is 5.70. The molecule has 0 saturated heterocycles. The first-order chi connectivity index (χ1) is 8.26. The summed E-state index contributed by atoms with van der Waals surface area (Å²) in [5, 5.41) is 3.13. The molecule has 0 amide bonds. The molecule has 1 aromatic rings. The van der Waals surface area contributed by atoms with Gasteiger partial charge in [-0.15, -0.1) is 0 Å². The summed E-state index contributed by atoms with van der Waals surface area (Å²) >= 11 is 0. The normalized spacial score (nSPS) is 10.1. The fourth-order valence-electron chi connectivity index (χ4n) is 1.74. The Balaban J connectivity index is 2.93. The van der Waals surface area contributed by atoms with E-state index in [1.54, 1.807) is 21.3 Å². The van der Waals surface area contributed by atoms with Crippen molar-refractivity contribution in [3.8, 4) is 17.2 Å². The van der Waals surface area contributed by atoms with Crippen molar-refractivity contribution < 1.29 is 14.2 Å². The van der Waals surface area contributed by atoms with Gasteiger partial charge in [0.25, 0.3) is 0 Å². The molecule has 0 fully saturated rings. The zero-order valence-electron chi connectivity index (χ0n) is 11.0. The zero-order valence-corrected chi connectivity index (χ0v) is 11.0. The van der Waals surface area contributed by atoms with Crippen LogP contribution < -0.4 is 19.5 Å². The van der Waals surface area contributed by atoms with E-state index in [1.807, 2.05) is 19.2 Å². The van der Waals surface area contributed by atoms with Crippen molar-refractivity contribution in [1.82, 2.24) is 5.32 Å². The van der Waals surface area contributed by atoms with E-state index >= 15 is 0 Å². The van der Waals surface area contributed by atoms with Crippen LogP contribution in [0.5, 0.6) is 17.2 Å². The van der Waals surface area contributed by atoms with Crippen LogP contribution in [-0.4, -0.2) is 34.9 Å². The van der Waals surface area contributed by atoms with Gasteiger partial charge in [0.15, 0.2) is 11.5 Å². The zero-order chi connectivity index (χ0) is 12.7. The molecule has 4 heteroatoms. The molecule has 0 aliphatic heterocycles. The minimum atomic E-state index is 0.696. The Morgan fingerprint density at radius 2 is 1.53 bits per heavy atom. The number of aryl methyl sites for hydroxylation is 1. The van der Waals surface area contributed by atoms with Gasteiger partial charge in [0.2, 0.25) is 0 Å². The van der Waals surface area contributed by atoms with Gasteiger partial charge in [-0.3, -0.25) is 0 Å². The number of ether oxygens (including phenoxy) is 3. The highest BCUT2D eigenvalue weighted by Gasteiger charge is 2.11. The van der Waals surface area contributed by atoms with Gasteiger partial charge in [0.05, 0.1) is 21.3 Å². The van der Waals surface area contributed by atoms with Crippen molar-refractivity contribution >= 4 is 0 Å². The summed E-state index contributed by atoms with van der Waals surface area (Å²) in [5.41, 5.74) is 1.14. The van der Waals surface area contributed by atoms with E-state index in [0.29, 0.717) is 5.75 Å². The van der Waals surface area contributed by atoms with Gasteiger partial charge < -0.3 is 19.5 Å². The van der Waals surface area contributed by atoms with E-state index in [2.05, 4.69) is 5.32 Å². The number of hydrogen-bond acceptors (Lipinski definition) is 4. The predicted octanol–water partition coefficient (Wildman–Crippen LogP) is 1.86. The Kier molecular flexibility index (Phi) is 5.63. The highest BCUT2D eigenvalue weighted by Crippen LogP contribution is 2.35. The monoisotopic (exact) mass is 239 g/mol. The number of nitrogens with one attached hydrogen (secondary N) is 1. The Labute approximate surface area is 103 Å². The SMILES string of the molecule is CNCCCc1cc(OC)c(OC)cc1OC. The second-order valence-electron chi connectivity index (χ2n) is 3.73. The van der Waals surface area contributed by atoms with Gasteiger partial charge >= 0.3 is 0 Å². The van der Waals surface area contributed by atoms with Crippen molar-refractivity contribution in [3.63, 3.8) is 0 Å². The van der Waals surface area contributed by atoms with E-state index in [-0.39, 0.29) is 0 Å². The summed E-state index contributed by atoms with van der Waals surface area (Å²) in [6.07, 6.45) is 2.01. The Morgan fingerprint density at radius 3 is 2.06 bits per heavy atom. The van der Waals surface area contributed by atoms with E-state index in [4.69, 9.17) is 14.2 Å². The fourth-order valence-corrected chi connectivity index (χ4v) is 1.74. The first-order valence-corrected chi connectivity index (χ1v) is 5.70. The summed E-state index contributed by atoms with van der Waals surface area (Å²) in [6, 6.07) is 3.85. The summed E-state index contributed by atoms with van der Waals surface area (Å²) < 4.78 is 15.9. The van der Waals surface area contributed by atoms with Crippen molar-refractivity contribution in [1.29, 1.82) is 0 Å². The minimum Gasteiger partial charge on any atom is -0.496 e. The van der Waals surface area contributed by atoms with Crippen molar-refractivity contribution in [2.24, 2.45) is 0 Å². The quantitative estimate of drug-likeness (QED) is 0.737. The molecule has 0 atom stereocenters. The summed E-state index contributed by atoms with van der Waals surface area (Å²) in [6.45, 7) is 0.984. The molecular weight excluding hydrogens is 218 g/mol. The second-order valence-corrected chi connectivity index (χ2v) is 3.73. The lowest BCUT2D eigenvalue weighted by molar-refractivity contribution is 0.347. The number of hydrogen-bond donors (Lipinski definition) is 1. The molecule has 0 saturated carbocycles. The Hall–Kier alpha value is -1.42. The molecule has 1 N–H and O–H groups in total. The average molecular weight is 239 g/mol. The van der Waals surface area contributed by atoms with E-state index in [9.17, 15) is 0 Å². The summed E-state index contributed by atoms with van der Waals surface area (Å²) in [7, 11) is 6.88. The third-order valence-electron chi connectivity index (χ3n) is 2.66. The van der Waals surface area contributed by atoms with Crippen LogP contribution in [0, 0.1) is 0 Å². The van der Waals surface area contributed by atoms with Gasteiger partial charge in [0.1, 0.15) is 5.75 Å². The van der Waals surface area contributed by atoms with Crippen molar-refractivity contribution in [2.75, 3.05) is 34.9 Å². The predicted molar refractivity (Wildman–Crippen MR) is 68.3 cm³/mol. The lowest BCUT2D eigenvalue weighted by Gasteiger charge is -2.14. The lowest BCUT2D eigenvalue weighted by atomic mass is 10.1. The van der Waals surface area contributed by atoms with Gasteiger partial charge in [-0.2, -0.15) is 0 Å². The Morgan fingerprint density at radius 1 is 0.941 bits per heavy atom. The number of benzene rings is 1. The molecule has 96 valence electrons. The molecule has 17 heavy (non-hydrogen) atoms. The fraction of sp³-hybridized carbons (Fsp3) is 0.538. The van der Waals surface area contributed by atoms with E-state index in [1.165, 1.54) is 0 Å². The molecule has 4 nitrogen and oxygen atoms in total.